The fourth-order valence-electron chi connectivity index (χ4n) is 4.99. The van der Waals surface area contributed by atoms with E-state index in [0.29, 0.717) is 5.56 Å². The first-order valence-corrected chi connectivity index (χ1v) is 9.59. The number of likely N-dealkylation sites (tertiary alicyclic amines) is 1. The minimum Gasteiger partial charge on any atom is -0.364 e. The van der Waals surface area contributed by atoms with Crippen LogP contribution in [0.4, 0.5) is 10.1 Å². The molecule has 0 aliphatic carbocycles. The Hall–Kier alpha value is -2.43. The number of aryl methyl sites for hydroxylation is 1. The summed E-state index contributed by atoms with van der Waals surface area (Å²) in [6.07, 6.45) is 4.64. The van der Waals surface area contributed by atoms with Crippen LogP contribution in [0.1, 0.15) is 49.2 Å². The van der Waals surface area contributed by atoms with Gasteiger partial charge < -0.3 is 9.80 Å². The van der Waals surface area contributed by atoms with Gasteiger partial charge in [0.05, 0.1) is 11.1 Å². The van der Waals surface area contributed by atoms with Crippen LogP contribution in [0.15, 0.2) is 42.6 Å². The van der Waals surface area contributed by atoms with Gasteiger partial charge in [0.15, 0.2) is 0 Å². The lowest BCUT2D eigenvalue weighted by molar-refractivity contribution is 0.0616. The summed E-state index contributed by atoms with van der Waals surface area (Å²) >= 11 is 0. The number of aromatic nitrogens is 1. The topological polar surface area (TPSA) is 36.4 Å². The number of anilines is 1. The lowest BCUT2D eigenvalue weighted by Gasteiger charge is -2.35. The van der Waals surface area contributed by atoms with E-state index in [2.05, 4.69) is 28.6 Å². The fraction of sp³-hybridized carbons (Fsp3) is 0.455. The molecule has 4 rings (SSSR count). The van der Waals surface area contributed by atoms with Crippen molar-refractivity contribution in [3.05, 3.63) is 59.7 Å². The van der Waals surface area contributed by atoms with E-state index in [1.807, 2.05) is 31.2 Å². The molecule has 1 aromatic heterocycles. The lowest BCUT2D eigenvalue weighted by Crippen LogP contribution is -2.49. The van der Waals surface area contributed by atoms with E-state index in [0.717, 1.165) is 43.7 Å². The third kappa shape index (κ3) is 2.99. The van der Waals surface area contributed by atoms with Gasteiger partial charge in [0.2, 0.25) is 0 Å². The molecule has 1 amide bonds. The molecule has 1 unspecified atom stereocenters. The second-order valence-electron chi connectivity index (χ2n) is 8.47. The van der Waals surface area contributed by atoms with Gasteiger partial charge in [-0.05, 0) is 76.4 Å². The molecule has 0 bridgehead atoms. The number of hydrogen-bond acceptors (Lipinski definition) is 3. The molecular formula is C22H26FN3O. The van der Waals surface area contributed by atoms with E-state index in [9.17, 15) is 9.18 Å². The Morgan fingerprint density at radius 3 is 2.63 bits per heavy atom. The first-order chi connectivity index (χ1) is 12.8. The van der Waals surface area contributed by atoms with E-state index in [4.69, 9.17) is 0 Å². The highest BCUT2D eigenvalue weighted by molar-refractivity contribution is 5.96. The van der Waals surface area contributed by atoms with Gasteiger partial charge in [-0.25, -0.2) is 4.39 Å². The average molecular weight is 367 g/mol. The molecule has 1 atom stereocenters. The Morgan fingerprint density at radius 1 is 1.19 bits per heavy atom. The van der Waals surface area contributed by atoms with Crippen molar-refractivity contribution in [3.8, 4) is 0 Å². The number of rotatable bonds is 2. The van der Waals surface area contributed by atoms with E-state index >= 15 is 0 Å². The van der Waals surface area contributed by atoms with Crippen LogP contribution in [-0.2, 0) is 0 Å². The number of hydrogen-bond donors (Lipinski definition) is 0. The number of carbonyl (C=O) groups is 1. The second-order valence-corrected chi connectivity index (χ2v) is 8.47. The number of pyridine rings is 1. The number of carbonyl (C=O) groups excluding carboxylic acids is 1. The largest absolute Gasteiger partial charge is 0.364 e. The van der Waals surface area contributed by atoms with Gasteiger partial charge in [0.25, 0.3) is 5.91 Å². The SMILES string of the molecule is Cc1ncccc1C(=O)N1CCCC12CN(c1ccc(F)cc1)C(C)(C)C2. The summed E-state index contributed by atoms with van der Waals surface area (Å²) < 4.78 is 13.4. The van der Waals surface area contributed by atoms with Gasteiger partial charge in [-0.2, -0.15) is 0 Å². The van der Waals surface area contributed by atoms with E-state index in [1.54, 1.807) is 6.20 Å². The number of nitrogens with zero attached hydrogens (tertiary/aromatic N) is 3. The molecule has 1 aromatic carbocycles. The van der Waals surface area contributed by atoms with Crippen molar-refractivity contribution >= 4 is 11.6 Å². The maximum atomic E-state index is 13.4. The van der Waals surface area contributed by atoms with Crippen LogP contribution in [0.3, 0.4) is 0 Å². The van der Waals surface area contributed by atoms with Gasteiger partial charge in [0, 0.05) is 36.2 Å². The summed E-state index contributed by atoms with van der Waals surface area (Å²) in [6, 6.07) is 10.4. The average Bonchev–Trinajstić information content (AvgIpc) is 3.15. The molecule has 2 aliphatic rings. The first-order valence-electron chi connectivity index (χ1n) is 9.59. The molecule has 142 valence electrons. The van der Waals surface area contributed by atoms with Crippen molar-refractivity contribution in [2.24, 2.45) is 0 Å². The second kappa shape index (κ2) is 6.32. The quantitative estimate of drug-likeness (QED) is 0.798. The molecule has 3 heterocycles. The molecule has 0 N–H and O–H groups in total. The molecular weight excluding hydrogens is 341 g/mol. The van der Waals surface area contributed by atoms with E-state index < -0.39 is 0 Å². The number of halogens is 1. The highest BCUT2D eigenvalue weighted by atomic mass is 19.1. The molecule has 2 fully saturated rings. The van der Waals surface area contributed by atoms with Gasteiger partial charge in [-0.15, -0.1) is 0 Å². The van der Waals surface area contributed by atoms with Crippen molar-refractivity contribution in [2.45, 2.75) is 51.1 Å². The summed E-state index contributed by atoms with van der Waals surface area (Å²) in [5, 5.41) is 0. The van der Waals surface area contributed by atoms with Crippen LogP contribution < -0.4 is 4.90 Å². The Morgan fingerprint density at radius 2 is 1.93 bits per heavy atom. The summed E-state index contributed by atoms with van der Waals surface area (Å²) in [4.78, 5) is 22.0. The molecule has 5 heteroatoms. The normalized spacial score (nSPS) is 24.0. The predicted octanol–water partition coefficient (Wildman–Crippen LogP) is 4.19. The summed E-state index contributed by atoms with van der Waals surface area (Å²) in [5.74, 6) is -0.148. The Labute approximate surface area is 160 Å². The van der Waals surface area contributed by atoms with Crippen molar-refractivity contribution in [1.29, 1.82) is 0 Å². The molecule has 2 aromatic rings. The monoisotopic (exact) mass is 367 g/mol. The van der Waals surface area contributed by atoms with Gasteiger partial charge >= 0.3 is 0 Å². The zero-order chi connectivity index (χ0) is 19.2. The summed E-state index contributed by atoms with van der Waals surface area (Å²) in [5.41, 5.74) is 2.19. The molecule has 27 heavy (non-hydrogen) atoms. The zero-order valence-electron chi connectivity index (χ0n) is 16.2. The van der Waals surface area contributed by atoms with Crippen LogP contribution in [0.5, 0.6) is 0 Å². The summed E-state index contributed by atoms with van der Waals surface area (Å²) in [7, 11) is 0. The zero-order valence-corrected chi connectivity index (χ0v) is 16.2. The van der Waals surface area contributed by atoms with Gasteiger partial charge in [-0.1, -0.05) is 0 Å². The maximum Gasteiger partial charge on any atom is 0.256 e. The van der Waals surface area contributed by atoms with Crippen molar-refractivity contribution in [3.63, 3.8) is 0 Å². The Balaban J connectivity index is 1.67. The molecule has 0 saturated carbocycles. The Kier molecular flexibility index (Phi) is 4.21. The minimum atomic E-state index is -0.227. The molecule has 2 aliphatic heterocycles. The molecule has 4 nitrogen and oxygen atoms in total. The van der Waals surface area contributed by atoms with Gasteiger partial charge in [0.1, 0.15) is 5.82 Å². The fourth-order valence-corrected chi connectivity index (χ4v) is 4.99. The highest BCUT2D eigenvalue weighted by Crippen LogP contribution is 2.47. The van der Waals surface area contributed by atoms with E-state index in [-0.39, 0.29) is 22.8 Å². The van der Waals surface area contributed by atoms with Crippen LogP contribution in [0, 0.1) is 12.7 Å². The number of amides is 1. The van der Waals surface area contributed by atoms with Crippen LogP contribution >= 0.6 is 0 Å². The van der Waals surface area contributed by atoms with Crippen molar-refractivity contribution in [2.75, 3.05) is 18.0 Å². The first kappa shape index (κ1) is 18.0. The van der Waals surface area contributed by atoms with Crippen molar-refractivity contribution < 1.29 is 9.18 Å². The maximum absolute atomic E-state index is 13.4. The van der Waals surface area contributed by atoms with E-state index in [1.165, 1.54) is 12.1 Å². The van der Waals surface area contributed by atoms with Crippen LogP contribution in [0.25, 0.3) is 0 Å². The van der Waals surface area contributed by atoms with Gasteiger partial charge in [-0.3, -0.25) is 9.78 Å². The van der Waals surface area contributed by atoms with Crippen LogP contribution in [-0.4, -0.2) is 40.0 Å². The molecule has 1 spiro atoms. The standard InChI is InChI=1S/C22H26FN3O/c1-16-19(6-4-12-24-16)20(27)25-13-5-11-22(25)14-21(2,3)26(15-22)18-9-7-17(23)8-10-18/h4,6-10,12H,5,11,13-15H2,1-3H3. The molecule has 0 radical (unpaired) electrons. The predicted molar refractivity (Wildman–Crippen MR) is 104 cm³/mol. The number of benzene rings is 1. The molecule has 2 saturated heterocycles. The highest BCUT2D eigenvalue weighted by Gasteiger charge is 2.55. The lowest BCUT2D eigenvalue weighted by atomic mass is 9.87. The smallest absolute Gasteiger partial charge is 0.256 e. The summed E-state index contributed by atoms with van der Waals surface area (Å²) in [6.45, 7) is 7.86. The Bertz CT molecular complexity index is 864. The minimum absolute atomic E-state index is 0.0786. The third-order valence-electron chi connectivity index (χ3n) is 6.16. The van der Waals surface area contributed by atoms with Crippen LogP contribution in [0.2, 0.25) is 0 Å². The third-order valence-corrected chi connectivity index (χ3v) is 6.16. The van der Waals surface area contributed by atoms with Crippen molar-refractivity contribution in [1.82, 2.24) is 9.88 Å².